The van der Waals surface area contributed by atoms with Crippen LogP contribution in [0.25, 0.3) is 0 Å². The Morgan fingerprint density at radius 1 is 1.33 bits per heavy atom. The first-order valence-corrected chi connectivity index (χ1v) is 3.18. The molecule has 0 fully saturated rings. The number of allylic oxidation sites excluding steroid dienone is 2. The Hall–Kier alpha value is 1.18. The topological polar surface area (TPSA) is 20.2 Å². The predicted octanol–water partition coefficient (Wildman–Crippen LogP) is -0.491. The smallest absolute Gasteiger partial charge is 1.00 e. The van der Waals surface area contributed by atoms with Crippen molar-refractivity contribution in [3.63, 3.8) is 0 Å². The Labute approximate surface area is 100 Å². The first kappa shape index (κ1) is 10.2. The van der Waals surface area contributed by atoms with E-state index in [0.29, 0.717) is 5.76 Å². The molecule has 0 unspecified atom stereocenters. The van der Waals surface area contributed by atoms with Gasteiger partial charge in [0.25, 0.3) is 0 Å². The van der Waals surface area contributed by atoms with Gasteiger partial charge in [-0.2, -0.15) is 0 Å². The first-order chi connectivity index (χ1) is 3.80. The van der Waals surface area contributed by atoms with E-state index < -0.39 is 0 Å². The third-order valence-corrected chi connectivity index (χ3v) is 1.71. The molecule has 0 atom stereocenters. The summed E-state index contributed by atoms with van der Waals surface area (Å²) in [6, 6.07) is 0. The van der Waals surface area contributed by atoms with Gasteiger partial charge in [0.1, 0.15) is 0 Å². The maximum absolute atomic E-state index is 9.06. The number of aliphatic hydroxyl groups excluding tert-OH is 1. The van der Waals surface area contributed by atoms with E-state index in [1.54, 1.807) is 0 Å². The van der Waals surface area contributed by atoms with Gasteiger partial charge in [0.05, 0.1) is 5.76 Å². The van der Waals surface area contributed by atoms with Gasteiger partial charge in [-0.1, -0.05) is 0 Å². The fourth-order valence-corrected chi connectivity index (χ4v) is 1.04. The minimum Gasteiger partial charge on any atom is -1.00 e. The van der Waals surface area contributed by atoms with Gasteiger partial charge in [-0.05, 0) is 31.8 Å². The second-order valence-electron chi connectivity index (χ2n) is 2.43. The summed E-state index contributed by atoms with van der Waals surface area (Å²) in [5.74, 6) is 0.635. The normalized spacial score (nSPS) is 19.2. The number of hydrogen-bond donors (Lipinski definition) is 1. The molecule has 48 valence electrons. The van der Waals surface area contributed by atoms with Gasteiger partial charge in [0.2, 0.25) is 0 Å². The van der Waals surface area contributed by atoms with Gasteiger partial charge >= 0.3 is 51.4 Å². The van der Waals surface area contributed by atoms with Gasteiger partial charge in [-0.15, -0.1) is 0 Å². The van der Waals surface area contributed by atoms with E-state index in [4.69, 9.17) is 5.11 Å². The van der Waals surface area contributed by atoms with Crippen molar-refractivity contribution in [3.05, 3.63) is 11.3 Å². The van der Waals surface area contributed by atoms with Crippen LogP contribution in [0.2, 0.25) is 0 Å². The van der Waals surface area contributed by atoms with Gasteiger partial charge in [-0.25, -0.2) is 0 Å². The number of aliphatic hydroxyl groups is 1. The van der Waals surface area contributed by atoms with E-state index in [9.17, 15) is 0 Å². The second kappa shape index (κ2) is 4.91. The van der Waals surface area contributed by atoms with Crippen LogP contribution in [0.4, 0.5) is 0 Å². The van der Waals surface area contributed by atoms with Crippen molar-refractivity contribution < 1.29 is 57.9 Å². The van der Waals surface area contributed by atoms with Crippen molar-refractivity contribution in [2.45, 2.75) is 32.6 Å². The van der Waals surface area contributed by atoms with Crippen LogP contribution in [-0.2, 0) is 0 Å². The summed E-state index contributed by atoms with van der Waals surface area (Å²) >= 11 is 0. The van der Waals surface area contributed by atoms with Gasteiger partial charge < -0.3 is 6.53 Å². The molecule has 1 aliphatic rings. The molecule has 0 saturated heterocycles. The zero-order valence-electron chi connectivity index (χ0n) is 7.28. The third kappa shape index (κ3) is 3.19. The molecule has 0 bridgehead atoms. The molecule has 1 aliphatic carbocycles. The molecule has 0 aromatic rings. The Bertz CT molecular complexity index is 109. The van der Waals surface area contributed by atoms with Gasteiger partial charge in [0, 0.05) is 6.42 Å². The number of rotatable bonds is 0. The third-order valence-electron chi connectivity index (χ3n) is 1.71. The zero-order chi connectivity index (χ0) is 5.98. The average molecular weight is 152 g/mol. The van der Waals surface area contributed by atoms with Crippen LogP contribution >= 0.6 is 0 Å². The summed E-state index contributed by atoms with van der Waals surface area (Å²) in [7, 11) is 0. The molecular weight excluding hydrogens is 139 g/mol. The molecule has 0 heterocycles. The summed E-state index contributed by atoms with van der Waals surface area (Å²) in [6.07, 6.45) is 4.44. The van der Waals surface area contributed by atoms with Crippen LogP contribution in [0.3, 0.4) is 0 Å². The molecule has 0 aliphatic heterocycles. The van der Waals surface area contributed by atoms with Gasteiger partial charge in [-0.3, -0.25) is 0 Å². The van der Waals surface area contributed by atoms with Crippen LogP contribution in [0.15, 0.2) is 11.3 Å². The predicted molar refractivity (Wildman–Crippen MR) is 34.9 cm³/mol. The van der Waals surface area contributed by atoms with Crippen LogP contribution < -0.4 is 51.4 Å². The second-order valence-corrected chi connectivity index (χ2v) is 2.43. The molecule has 0 aromatic carbocycles. The molecule has 1 N–H and O–H groups in total. The average Bonchev–Trinajstić information content (AvgIpc) is 1.77. The van der Waals surface area contributed by atoms with Gasteiger partial charge in [0.15, 0.2) is 0 Å². The largest absolute Gasteiger partial charge is 1.00 e. The summed E-state index contributed by atoms with van der Waals surface area (Å²) < 4.78 is 0. The standard InChI is InChI=1S/C7H12O.K.H/c1-6-4-2-3-5-7(6)8;;/h8H,2-5H2,1H3;;/q;+1;-1. The SMILES string of the molecule is CC1=C(O)CCCC1.[H-].[K+]. The maximum Gasteiger partial charge on any atom is 1.00 e. The van der Waals surface area contributed by atoms with Crippen molar-refractivity contribution in [2.75, 3.05) is 0 Å². The number of hydrogen-bond acceptors (Lipinski definition) is 1. The molecular formula is C7H13KO. The molecule has 1 nitrogen and oxygen atoms in total. The van der Waals surface area contributed by atoms with Crippen LogP contribution in [0.1, 0.15) is 34.0 Å². The van der Waals surface area contributed by atoms with Crippen molar-refractivity contribution >= 4 is 0 Å². The molecule has 0 amide bonds. The molecule has 2 heteroatoms. The molecule has 9 heavy (non-hydrogen) atoms. The Balaban J connectivity index is 0. The van der Waals surface area contributed by atoms with E-state index in [2.05, 4.69) is 0 Å². The van der Waals surface area contributed by atoms with Crippen molar-refractivity contribution in [1.29, 1.82) is 0 Å². The molecule has 0 saturated carbocycles. The van der Waals surface area contributed by atoms with Crippen molar-refractivity contribution in [2.24, 2.45) is 0 Å². The Kier molecular flexibility index (Phi) is 5.55. The maximum atomic E-state index is 9.06. The Morgan fingerprint density at radius 2 is 1.89 bits per heavy atom. The summed E-state index contributed by atoms with van der Waals surface area (Å²) in [5.41, 5.74) is 1.19. The fraction of sp³-hybridized carbons (Fsp3) is 0.714. The minimum absolute atomic E-state index is 0. The van der Waals surface area contributed by atoms with E-state index in [1.807, 2.05) is 6.92 Å². The van der Waals surface area contributed by atoms with E-state index in [0.717, 1.165) is 12.8 Å². The van der Waals surface area contributed by atoms with E-state index in [-0.39, 0.29) is 52.8 Å². The minimum atomic E-state index is 0. The molecule has 0 spiro atoms. The Morgan fingerprint density at radius 3 is 2.22 bits per heavy atom. The van der Waals surface area contributed by atoms with Crippen LogP contribution in [0.5, 0.6) is 0 Å². The van der Waals surface area contributed by atoms with E-state index >= 15 is 0 Å². The zero-order valence-corrected chi connectivity index (χ0v) is 9.40. The first-order valence-electron chi connectivity index (χ1n) is 3.18. The summed E-state index contributed by atoms with van der Waals surface area (Å²) in [6.45, 7) is 2.01. The van der Waals surface area contributed by atoms with Crippen LogP contribution in [0, 0.1) is 0 Å². The fourth-order valence-electron chi connectivity index (χ4n) is 1.04. The van der Waals surface area contributed by atoms with Crippen molar-refractivity contribution in [1.82, 2.24) is 0 Å². The summed E-state index contributed by atoms with van der Waals surface area (Å²) in [5, 5.41) is 9.06. The van der Waals surface area contributed by atoms with E-state index in [1.165, 1.54) is 18.4 Å². The molecule has 0 aromatic heterocycles. The monoisotopic (exact) mass is 152 g/mol. The van der Waals surface area contributed by atoms with Crippen molar-refractivity contribution in [3.8, 4) is 0 Å². The molecule has 0 radical (unpaired) electrons. The summed E-state index contributed by atoms with van der Waals surface area (Å²) in [4.78, 5) is 0. The van der Waals surface area contributed by atoms with Crippen LogP contribution in [-0.4, -0.2) is 5.11 Å². The molecule has 1 rings (SSSR count). The quantitative estimate of drug-likeness (QED) is 0.464.